The largest absolute Gasteiger partial charge is 0.491 e. The van der Waals surface area contributed by atoms with Crippen molar-refractivity contribution in [1.29, 1.82) is 5.26 Å². The molecule has 2 aliphatic heterocycles. The van der Waals surface area contributed by atoms with Crippen LogP contribution >= 0.6 is 0 Å². The van der Waals surface area contributed by atoms with Crippen LogP contribution in [0.3, 0.4) is 0 Å². The number of fused-ring (bicyclic) bond motifs is 1. The quantitative estimate of drug-likeness (QED) is 0.256. The van der Waals surface area contributed by atoms with E-state index in [1.54, 1.807) is 12.1 Å². The number of piperidine rings is 1. The number of aromatic amines is 1. The Kier molecular flexibility index (Phi) is 8.35. The van der Waals surface area contributed by atoms with Gasteiger partial charge < -0.3 is 24.9 Å². The zero-order chi connectivity index (χ0) is 29.3. The monoisotopic (exact) mass is 604 g/mol. The number of rotatable bonds is 10. The summed E-state index contributed by atoms with van der Waals surface area (Å²) < 4.78 is 66.0. The Bertz CT molecular complexity index is 1660. The summed E-state index contributed by atoms with van der Waals surface area (Å²) >= 11 is 0. The SMILES string of the molecule is CNS(=O)(=O)c1cccc(OC[C@@H](O)CNC2COC3(CCN(S(=O)(=O)c4cnc5[nH]cc(C#N)c5c4)CC3)C2)c1. The number of aliphatic hydroxyl groups excluding tert-OH is 1. The van der Waals surface area contributed by atoms with Gasteiger partial charge in [0.05, 0.1) is 22.7 Å². The van der Waals surface area contributed by atoms with Crippen LogP contribution in [-0.4, -0.2) is 93.9 Å². The fraction of sp³-hybridized carbons (Fsp3) is 0.462. The first-order valence-corrected chi connectivity index (χ1v) is 16.1. The van der Waals surface area contributed by atoms with E-state index in [9.17, 15) is 27.2 Å². The number of benzene rings is 1. The Balaban J connectivity index is 1.10. The summed E-state index contributed by atoms with van der Waals surface area (Å²) in [6, 6.07) is 9.55. The smallest absolute Gasteiger partial charge is 0.244 e. The summed E-state index contributed by atoms with van der Waals surface area (Å²) in [5.74, 6) is 0.333. The molecule has 1 unspecified atom stereocenters. The Hall–Kier alpha value is -3.10. The van der Waals surface area contributed by atoms with Crippen molar-refractivity contribution < 1.29 is 31.4 Å². The third-order valence-corrected chi connectivity index (χ3v) is 10.9. The van der Waals surface area contributed by atoms with Crippen molar-refractivity contribution in [2.24, 2.45) is 0 Å². The van der Waals surface area contributed by atoms with Gasteiger partial charge in [-0.25, -0.2) is 26.5 Å². The molecule has 3 aromatic rings. The van der Waals surface area contributed by atoms with E-state index >= 15 is 0 Å². The molecule has 220 valence electrons. The Morgan fingerprint density at radius 1 is 1.27 bits per heavy atom. The predicted octanol–water partition coefficient (Wildman–Crippen LogP) is 0.684. The Labute approximate surface area is 238 Å². The number of aliphatic hydroxyl groups is 1. The maximum atomic E-state index is 13.3. The van der Waals surface area contributed by atoms with Crippen molar-refractivity contribution in [1.82, 2.24) is 24.3 Å². The van der Waals surface area contributed by atoms with Gasteiger partial charge in [0.15, 0.2) is 0 Å². The lowest BCUT2D eigenvalue weighted by Gasteiger charge is -2.38. The number of hydrogen-bond acceptors (Lipinski definition) is 10. The van der Waals surface area contributed by atoms with Crippen LogP contribution in [0, 0.1) is 11.3 Å². The second kappa shape index (κ2) is 11.6. The van der Waals surface area contributed by atoms with Crippen LogP contribution in [0.1, 0.15) is 24.8 Å². The first-order valence-electron chi connectivity index (χ1n) is 13.1. The van der Waals surface area contributed by atoms with Crippen LogP contribution < -0.4 is 14.8 Å². The van der Waals surface area contributed by atoms with Crippen LogP contribution in [0.4, 0.5) is 0 Å². The van der Waals surface area contributed by atoms with E-state index in [2.05, 4.69) is 20.0 Å². The van der Waals surface area contributed by atoms with E-state index in [0.717, 1.165) is 0 Å². The highest BCUT2D eigenvalue weighted by atomic mass is 32.2. The van der Waals surface area contributed by atoms with Crippen LogP contribution in [-0.2, 0) is 24.8 Å². The van der Waals surface area contributed by atoms with Crippen LogP contribution in [0.15, 0.2) is 52.5 Å². The molecule has 5 rings (SSSR count). The lowest BCUT2D eigenvalue weighted by Crippen LogP contribution is -2.47. The number of nitriles is 1. The number of pyridine rings is 1. The maximum Gasteiger partial charge on any atom is 0.244 e. The molecule has 2 saturated heterocycles. The van der Waals surface area contributed by atoms with Gasteiger partial charge in [-0.3, -0.25) is 0 Å². The van der Waals surface area contributed by atoms with Gasteiger partial charge in [0, 0.05) is 49.5 Å². The summed E-state index contributed by atoms with van der Waals surface area (Å²) in [6.07, 6.45) is 3.72. The van der Waals surface area contributed by atoms with E-state index in [1.165, 1.54) is 41.9 Å². The van der Waals surface area contributed by atoms with E-state index in [-0.39, 0.29) is 29.0 Å². The first kappa shape index (κ1) is 29.4. The Morgan fingerprint density at radius 3 is 2.78 bits per heavy atom. The third kappa shape index (κ3) is 6.24. The number of ether oxygens (including phenoxy) is 2. The molecular formula is C26H32N6O7S2. The number of aromatic nitrogens is 2. The van der Waals surface area contributed by atoms with Gasteiger partial charge in [-0.05, 0) is 44.5 Å². The van der Waals surface area contributed by atoms with Crippen LogP contribution in [0.2, 0.25) is 0 Å². The van der Waals surface area contributed by atoms with Gasteiger partial charge in [-0.2, -0.15) is 9.57 Å². The normalized spacial score (nSPS) is 20.3. The molecule has 1 spiro atoms. The third-order valence-electron chi connectivity index (χ3n) is 7.58. The van der Waals surface area contributed by atoms with Crippen molar-refractivity contribution in [3.8, 4) is 11.8 Å². The van der Waals surface area contributed by atoms with Crippen LogP contribution in [0.25, 0.3) is 11.0 Å². The van der Waals surface area contributed by atoms with E-state index in [1.807, 2.05) is 6.07 Å². The molecule has 41 heavy (non-hydrogen) atoms. The fourth-order valence-electron chi connectivity index (χ4n) is 5.23. The maximum absolute atomic E-state index is 13.3. The average Bonchev–Trinajstić information content (AvgIpc) is 3.58. The van der Waals surface area contributed by atoms with Gasteiger partial charge in [-0.1, -0.05) is 6.07 Å². The highest BCUT2D eigenvalue weighted by molar-refractivity contribution is 7.89. The molecule has 4 N–H and O–H groups in total. The number of sulfonamides is 2. The summed E-state index contributed by atoms with van der Waals surface area (Å²) in [5, 5.41) is 23.4. The van der Waals surface area contributed by atoms with Gasteiger partial charge in [0.25, 0.3) is 0 Å². The minimum absolute atomic E-state index is 0.0125. The Morgan fingerprint density at radius 2 is 2.05 bits per heavy atom. The zero-order valence-corrected chi connectivity index (χ0v) is 24.0. The molecule has 2 aliphatic rings. The van der Waals surface area contributed by atoms with E-state index in [0.29, 0.717) is 61.3 Å². The lowest BCUT2D eigenvalue weighted by atomic mass is 9.88. The summed E-state index contributed by atoms with van der Waals surface area (Å²) in [7, 11) is -6.06. The molecule has 1 aromatic carbocycles. The molecule has 0 radical (unpaired) electrons. The highest BCUT2D eigenvalue weighted by Gasteiger charge is 2.44. The molecule has 13 nitrogen and oxygen atoms in total. The molecule has 2 aromatic heterocycles. The molecule has 4 heterocycles. The van der Waals surface area contributed by atoms with Crippen molar-refractivity contribution in [3.05, 3.63) is 48.3 Å². The molecule has 0 saturated carbocycles. The fourth-order valence-corrected chi connectivity index (χ4v) is 7.41. The van der Waals surface area contributed by atoms with E-state index < -0.39 is 31.8 Å². The number of H-pyrrole nitrogens is 1. The molecule has 15 heteroatoms. The van der Waals surface area contributed by atoms with Crippen molar-refractivity contribution in [2.75, 3.05) is 39.9 Å². The van der Waals surface area contributed by atoms with Crippen LogP contribution in [0.5, 0.6) is 5.75 Å². The second-order valence-electron chi connectivity index (χ2n) is 10.2. The second-order valence-corrected chi connectivity index (χ2v) is 14.1. The summed E-state index contributed by atoms with van der Waals surface area (Å²) in [4.78, 5) is 7.16. The van der Waals surface area contributed by atoms with Crippen molar-refractivity contribution in [3.63, 3.8) is 0 Å². The van der Waals surface area contributed by atoms with Gasteiger partial charge in [-0.15, -0.1) is 0 Å². The molecule has 0 amide bonds. The number of hydrogen-bond donors (Lipinski definition) is 4. The average molecular weight is 605 g/mol. The van der Waals surface area contributed by atoms with E-state index in [4.69, 9.17) is 9.47 Å². The lowest BCUT2D eigenvalue weighted by molar-refractivity contribution is -0.0312. The van der Waals surface area contributed by atoms with Gasteiger partial charge in [0.2, 0.25) is 20.0 Å². The molecule has 0 bridgehead atoms. The molecular weight excluding hydrogens is 572 g/mol. The standard InChI is InChI=1S/C26H32N6O7S2/c1-28-40(34,35)22-4-2-3-21(9-22)38-17-20(33)14-29-19-11-26(39-16-19)5-7-32(8-6-26)41(36,37)23-10-24-18(12-27)13-30-25(24)31-15-23/h2-4,9-10,13,15,19-20,28-29,33H,5-8,11,14,16-17H2,1H3,(H,30,31)/t19?,20-/m0/s1. The van der Waals surface area contributed by atoms with Gasteiger partial charge >= 0.3 is 0 Å². The molecule has 0 aliphatic carbocycles. The number of nitrogens with zero attached hydrogens (tertiary/aromatic N) is 3. The highest BCUT2D eigenvalue weighted by Crippen LogP contribution is 2.37. The summed E-state index contributed by atoms with van der Waals surface area (Å²) in [5.41, 5.74) is 0.356. The number of nitrogens with one attached hydrogen (secondary N) is 3. The first-order chi connectivity index (χ1) is 19.5. The minimum Gasteiger partial charge on any atom is -0.491 e. The van der Waals surface area contributed by atoms with Gasteiger partial charge in [0.1, 0.15) is 35.1 Å². The topological polar surface area (TPSA) is 187 Å². The summed E-state index contributed by atoms with van der Waals surface area (Å²) in [6.45, 7) is 1.25. The molecule has 2 fully saturated rings. The van der Waals surface area contributed by atoms with Crippen molar-refractivity contribution in [2.45, 2.75) is 46.8 Å². The molecule has 2 atom stereocenters. The minimum atomic E-state index is -3.79. The predicted molar refractivity (Wildman–Crippen MR) is 148 cm³/mol. The zero-order valence-electron chi connectivity index (χ0n) is 22.4. The van der Waals surface area contributed by atoms with Crippen molar-refractivity contribution >= 4 is 31.1 Å².